The van der Waals surface area contributed by atoms with Crippen LogP contribution in [0.5, 0.6) is 0 Å². The highest BCUT2D eigenvalue weighted by Gasteiger charge is 2.20. The average molecular weight is 365 g/mol. The Morgan fingerprint density at radius 2 is 2.07 bits per heavy atom. The standard InChI is InChI=1S/C18H19N7O2/c26-18-14-10-20-25(13-5-8-27-9-6-13)17(14)22-15(23-18)4-3-12-11-24-16(21-12)2-1-7-19-24/h1-2,7,10-11,13H,3-6,8-9H2,(H,22,23,26). The number of ether oxygens (including phenoxy) is 1. The first-order valence-corrected chi connectivity index (χ1v) is 9.11. The predicted molar refractivity (Wildman–Crippen MR) is 97.6 cm³/mol. The van der Waals surface area contributed by atoms with Gasteiger partial charge in [0.15, 0.2) is 11.3 Å². The number of fused-ring (bicyclic) bond motifs is 2. The summed E-state index contributed by atoms with van der Waals surface area (Å²) in [6.07, 6.45) is 8.26. The van der Waals surface area contributed by atoms with Crippen molar-refractivity contribution in [3.63, 3.8) is 0 Å². The first kappa shape index (κ1) is 16.1. The molecule has 27 heavy (non-hydrogen) atoms. The third-order valence-corrected chi connectivity index (χ3v) is 4.95. The second-order valence-corrected chi connectivity index (χ2v) is 6.74. The molecule has 9 heteroatoms. The molecule has 1 aliphatic heterocycles. The van der Waals surface area contributed by atoms with Gasteiger partial charge in [0.05, 0.1) is 24.1 Å². The molecule has 0 amide bonds. The van der Waals surface area contributed by atoms with Crippen LogP contribution < -0.4 is 5.56 Å². The fraction of sp³-hybridized carbons (Fsp3) is 0.389. The molecule has 1 fully saturated rings. The van der Waals surface area contributed by atoms with E-state index in [-0.39, 0.29) is 11.6 Å². The van der Waals surface area contributed by atoms with Crippen molar-refractivity contribution in [3.8, 4) is 0 Å². The molecule has 0 spiro atoms. The molecule has 9 nitrogen and oxygen atoms in total. The first-order valence-electron chi connectivity index (χ1n) is 9.11. The van der Waals surface area contributed by atoms with Crippen LogP contribution in [0.15, 0.2) is 35.5 Å². The molecule has 5 heterocycles. The number of hydrogen-bond donors (Lipinski definition) is 1. The number of imidazole rings is 1. The molecule has 138 valence electrons. The van der Waals surface area contributed by atoms with Gasteiger partial charge in [-0.3, -0.25) is 4.79 Å². The van der Waals surface area contributed by atoms with Gasteiger partial charge in [-0.1, -0.05) is 0 Å². The summed E-state index contributed by atoms with van der Waals surface area (Å²) < 4.78 is 9.05. The van der Waals surface area contributed by atoms with Crippen LogP contribution in [0.3, 0.4) is 0 Å². The van der Waals surface area contributed by atoms with Crippen molar-refractivity contribution in [1.29, 1.82) is 0 Å². The quantitative estimate of drug-likeness (QED) is 0.585. The van der Waals surface area contributed by atoms with E-state index in [0.29, 0.717) is 42.9 Å². The van der Waals surface area contributed by atoms with Gasteiger partial charge in [0.25, 0.3) is 5.56 Å². The van der Waals surface area contributed by atoms with E-state index in [1.165, 1.54) is 0 Å². The number of nitrogens with one attached hydrogen (secondary N) is 1. The number of hydrogen-bond acceptors (Lipinski definition) is 6. The molecule has 0 aliphatic carbocycles. The van der Waals surface area contributed by atoms with Crippen LogP contribution in [0, 0.1) is 0 Å². The van der Waals surface area contributed by atoms with Crippen LogP contribution >= 0.6 is 0 Å². The molecule has 0 aromatic carbocycles. The third kappa shape index (κ3) is 2.99. The summed E-state index contributed by atoms with van der Waals surface area (Å²) >= 11 is 0. The zero-order valence-corrected chi connectivity index (χ0v) is 14.7. The van der Waals surface area contributed by atoms with Crippen LogP contribution in [0.2, 0.25) is 0 Å². The smallest absolute Gasteiger partial charge is 0.262 e. The maximum Gasteiger partial charge on any atom is 0.262 e. The minimum absolute atomic E-state index is 0.148. The summed E-state index contributed by atoms with van der Waals surface area (Å²) in [6, 6.07) is 3.99. The molecule has 1 N–H and O–H groups in total. The van der Waals surface area contributed by atoms with Gasteiger partial charge in [0, 0.05) is 25.8 Å². The largest absolute Gasteiger partial charge is 0.381 e. The average Bonchev–Trinajstić information content (AvgIpc) is 3.31. The molecule has 0 saturated carbocycles. The summed E-state index contributed by atoms with van der Waals surface area (Å²) in [5.74, 6) is 0.645. The Labute approximate surface area is 154 Å². The molecular weight excluding hydrogens is 346 g/mol. The van der Waals surface area contributed by atoms with E-state index in [4.69, 9.17) is 9.72 Å². The number of aromatic amines is 1. The minimum Gasteiger partial charge on any atom is -0.381 e. The molecule has 5 rings (SSSR count). The van der Waals surface area contributed by atoms with Gasteiger partial charge in [-0.2, -0.15) is 10.2 Å². The molecule has 1 aliphatic rings. The number of H-pyrrole nitrogens is 1. The van der Waals surface area contributed by atoms with Crippen LogP contribution in [-0.2, 0) is 17.6 Å². The van der Waals surface area contributed by atoms with E-state index >= 15 is 0 Å². The monoisotopic (exact) mass is 365 g/mol. The Balaban J connectivity index is 1.43. The van der Waals surface area contributed by atoms with E-state index in [0.717, 1.165) is 24.2 Å². The molecule has 0 unspecified atom stereocenters. The van der Waals surface area contributed by atoms with Gasteiger partial charge in [-0.05, 0) is 31.4 Å². The number of aryl methyl sites for hydroxylation is 2. The Hall–Kier alpha value is -3.07. The van der Waals surface area contributed by atoms with Gasteiger partial charge >= 0.3 is 0 Å². The predicted octanol–water partition coefficient (Wildman–Crippen LogP) is 1.30. The van der Waals surface area contributed by atoms with Crippen LogP contribution in [0.4, 0.5) is 0 Å². The Bertz CT molecular complexity index is 1120. The fourth-order valence-corrected chi connectivity index (χ4v) is 3.54. The van der Waals surface area contributed by atoms with E-state index in [9.17, 15) is 4.79 Å². The van der Waals surface area contributed by atoms with Gasteiger partial charge in [0.2, 0.25) is 0 Å². The lowest BCUT2D eigenvalue weighted by Crippen LogP contribution is -2.21. The van der Waals surface area contributed by atoms with Gasteiger partial charge in [-0.25, -0.2) is 19.2 Å². The second kappa shape index (κ2) is 6.58. The van der Waals surface area contributed by atoms with Gasteiger partial charge < -0.3 is 9.72 Å². The molecular formula is C18H19N7O2. The summed E-state index contributed by atoms with van der Waals surface area (Å²) in [4.78, 5) is 24.6. The van der Waals surface area contributed by atoms with Crippen molar-refractivity contribution >= 4 is 16.7 Å². The Kier molecular flexibility index (Phi) is 3.93. The highest BCUT2D eigenvalue weighted by atomic mass is 16.5. The zero-order valence-electron chi connectivity index (χ0n) is 14.7. The van der Waals surface area contributed by atoms with Crippen molar-refractivity contribution in [2.45, 2.75) is 31.7 Å². The lowest BCUT2D eigenvalue weighted by molar-refractivity contribution is 0.0673. The van der Waals surface area contributed by atoms with E-state index in [1.807, 2.05) is 23.0 Å². The van der Waals surface area contributed by atoms with Crippen LogP contribution in [0.25, 0.3) is 16.7 Å². The van der Waals surface area contributed by atoms with Crippen LogP contribution in [0.1, 0.15) is 30.4 Å². The van der Waals surface area contributed by atoms with E-state index in [2.05, 4.69) is 20.2 Å². The summed E-state index contributed by atoms with van der Waals surface area (Å²) in [6.45, 7) is 1.42. The van der Waals surface area contributed by atoms with Crippen LogP contribution in [-0.4, -0.2) is 47.6 Å². The van der Waals surface area contributed by atoms with E-state index < -0.39 is 0 Å². The number of nitrogens with zero attached hydrogens (tertiary/aromatic N) is 6. The molecule has 1 saturated heterocycles. The van der Waals surface area contributed by atoms with Crippen molar-refractivity contribution in [2.24, 2.45) is 0 Å². The molecule has 0 atom stereocenters. The van der Waals surface area contributed by atoms with Crippen molar-refractivity contribution < 1.29 is 4.74 Å². The SMILES string of the molecule is O=c1[nH]c(CCc2cn3ncccc3n2)nc2c1cnn2C1CCOCC1. The number of aromatic nitrogens is 7. The normalized spacial score (nSPS) is 15.7. The highest BCUT2D eigenvalue weighted by Crippen LogP contribution is 2.23. The molecule has 4 aromatic heterocycles. The Morgan fingerprint density at radius 1 is 1.19 bits per heavy atom. The maximum atomic E-state index is 12.4. The second-order valence-electron chi connectivity index (χ2n) is 6.74. The van der Waals surface area contributed by atoms with E-state index in [1.54, 1.807) is 16.9 Å². The summed E-state index contributed by atoms with van der Waals surface area (Å²) in [7, 11) is 0. The molecule has 0 radical (unpaired) electrons. The van der Waals surface area contributed by atoms with Crippen molar-refractivity contribution in [1.82, 2.24) is 34.3 Å². The lowest BCUT2D eigenvalue weighted by atomic mass is 10.1. The molecule has 4 aromatic rings. The summed E-state index contributed by atoms with van der Waals surface area (Å²) in [5.41, 5.74) is 2.22. The minimum atomic E-state index is -0.148. The Morgan fingerprint density at radius 3 is 2.93 bits per heavy atom. The fourth-order valence-electron chi connectivity index (χ4n) is 3.54. The lowest BCUT2D eigenvalue weighted by Gasteiger charge is -2.22. The zero-order chi connectivity index (χ0) is 18.2. The number of rotatable bonds is 4. The van der Waals surface area contributed by atoms with Gasteiger partial charge in [-0.15, -0.1) is 0 Å². The molecule has 0 bridgehead atoms. The first-order chi connectivity index (χ1) is 13.3. The summed E-state index contributed by atoms with van der Waals surface area (Å²) in [5, 5.41) is 9.18. The van der Waals surface area contributed by atoms with Gasteiger partial charge in [0.1, 0.15) is 11.2 Å². The van der Waals surface area contributed by atoms with Crippen molar-refractivity contribution in [2.75, 3.05) is 13.2 Å². The van der Waals surface area contributed by atoms with Crippen molar-refractivity contribution in [3.05, 3.63) is 52.6 Å². The topological polar surface area (TPSA) is 103 Å². The maximum absolute atomic E-state index is 12.4. The highest BCUT2D eigenvalue weighted by molar-refractivity contribution is 5.73. The third-order valence-electron chi connectivity index (χ3n) is 4.95.